The van der Waals surface area contributed by atoms with E-state index < -0.39 is 6.04 Å². The van der Waals surface area contributed by atoms with Crippen LogP contribution in [0.4, 0.5) is 10.5 Å². The van der Waals surface area contributed by atoms with Crippen LogP contribution in [0.5, 0.6) is 0 Å². The van der Waals surface area contributed by atoms with Crippen molar-refractivity contribution < 1.29 is 9.59 Å². The predicted octanol–water partition coefficient (Wildman–Crippen LogP) is 2.67. The van der Waals surface area contributed by atoms with E-state index in [4.69, 9.17) is 0 Å². The number of hydrogen-bond donors (Lipinski definition) is 3. The van der Waals surface area contributed by atoms with Crippen LogP contribution in [-0.2, 0) is 11.2 Å². The van der Waals surface area contributed by atoms with Crippen molar-refractivity contribution in [2.45, 2.75) is 52.6 Å². The van der Waals surface area contributed by atoms with Crippen LogP contribution in [0.25, 0.3) is 0 Å². The number of urea groups is 1. The smallest absolute Gasteiger partial charge is 0.319 e. The van der Waals surface area contributed by atoms with Crippen LogP contribution in [-0.4, -0.2) is 24.0 Å². The molecule has 0 fully saturated rings. The van der Waals surface area contributed by atoms with E-state index in [1.54, 1.807) is 6.92 Å². The highest BCUT2D eigenvalue weighted by atomic mass is 16.2. The molecule has 116 valence electrons. The zero-order valence-electron chi connectivity index (χ0n) is 13.2. The number of rotatable bonds is 6. The second-order valence-electron chi connectivity index (χ2n) is 5.19. The molecule has 0 aliphatic heterocycles. The van der Waals surface area contributed by atoms with Crippen molar-refractivity contribution in [2.24, 2.45) is 0 Å². The number of anilines is 1. The van der Waals surface area contributed by atoms with Crippen LogP contribution < -0.4 is 16.0 Å². The van der Waals surface area contributed by atoms with Crippen molar-refractivity contribution in [3.8, 4) is 0 Å². The third-order valence-electron chi connectivity index (χ3n) is 3.34. The van der Waals surface area contributed by atoms with E-state index in [1.807, 2.05) is 38.1 Å². The number of carbonyl (C=O) groups excluding carboxylic acids is 2. The molecule has 0 aliphatic carbocycles. The number of benzene rings is 1. The maximum atomic E-state index is 11.9. The molecule has 0 radical (unpaired) electrons. The van der Waals surface area contributed by atoms with Gasteiger partial charge in [0.15, 0.2) is 0 Å². The van der Waals surface area contributed by atoms with Gasteiger partial charge >= 0.3 is 6.03 Å². The minimum absolute atomic E-state index is 0.103. The highest BCUT2D eigenvalue weighted by molar-refractivity contribution is 5.93. The average Bonchev–Trinajstić information content (AvgIpc) is 2.46. The van der Waals surface area contributed by atoms with E-state index in [0.717, 1.165) is 24.1 Å². The van der Waals surface area contributed by atoms with Gasteiger partial charge in [-0.25, -0.2) is 4.79 Å². The summed E-state index contributed by atoms with van der Waals surface area (Å²) in [6, 6.07) is 6.79. The maximum absolute atomic E-state index is 11.9. The summed E-state index contributed by atoms with van der Waals surface area (Å²) in [4.78, 5) is 23.7. The van der Waals surface area contributed by atoms with Gasteiger partial charge < -0.3 is 16.0 Å². The Morgan fingerprint density at radius 2 is 1.86 bits per heavy atom. The van der Waals surface area contributed by atoms with Gasteiger partial charge in [0.25, 0.3) is 0 Å². The second kappa shape index (κ2) is 8.29. The number of nitrogens with one attached hydrogen (secondary N) is 3. The third kappa shape index (κ3) is 5.85. The molecule has 0 aliphatic rings. The fourth-order valence-corrected chi connectivity index (χ4v) is 1.77. The van der Waals surface area contributed by atoms with Crippen molar-refractivity contribution in [1.82, 2.24) is 10.6 Å². The summed E-state index contributed by atoms with van der Waals surface area (Å²) in [5.74, 6) is -0.179. The molecule has 0 spiro atoms. The lowest BCUT2D eigenvalue weighted by molar-refractivity contribution is -0.123. The minimum atomic E-state index is -0.576. The van der Waals surface area contributed by atoms with Crippen LogP contribution in [0.15, 0.2) is 24.3 Å². The van der Waals surface area contributed by atoms with Crippen LogP contribution in [0.1, 0.15) is 39.7 Å². The van der Waals surface area contributed by atoms with Crippen molar-refractivity contribution in [3.05, 3.63) is 29.8 Å². The first-order valence-electron chi connectivity index (χ1n) is 7.43. The van der Waals surface area contributed by atoms with Crippen molar-refractivity contribution in [3.63, 3.8) is 0 Å². The molecule has 5 nitrogen and oxygen atoms in total. The average molecular weight is 291 g/mol. The van der Waals surface area contributed by atoms with E-state index in [-0.39, 0.29) is 18.0 Å². The van der Waals surface area contributed by atoms with Gasteiger partial charge in [0.2, 0.25) is 5.91 Å². The SMILES string of the molecule is CCc1cccc(NC(=O)N[C@@H](C)C(=O)N[C@@H](C)CC)c1. The molecule has 3 N–H and O–H groups in total. The molecule has 0 bridgehead atoms. The molecule has 0 aromatic heterocycles. The van der Waals surface area contributed by atoms with Crippen molar-refractivity contribution >= 4 is 17.6 Å². The first-order valence-corrected chi connectivity index (χ1v) is 7.43. The van der Waals surface area contributed by atoms with Gasteiger partial charge in [-0.3, -0.25) is 4.79 Å². The Morgan fingerprint density at radius 1 is 1.14 bits per heavy atom. The highest BCUT2D eigenvalue weighted by Gasteiger charge is 2.16. The van der Waals surface area contributed by atoms with E-state index in [1.165, 1.54) is 0 Å². The zero-order chi connectivity index (χ0) is 15.8. The molecule has 3 amide bonds. The topological polar surface area (TPSA) is 70.2 Å². The Labute approximate surface area is 126 Å². The van der Waals surface area contributed by atoms with Gasteiger partial charge in [0.1, 0.15) is 6.04 Å². The first kappa shape index (κ1) is 17.0. The monoisotopic (exact) mass is 291 g/mol. The molecule has 0 saturated heterocycles. The summed E-state index contributed by atoms with van der Waals surface area (Å²) >= 11 is 0. The van der Waals surface area contributed by atoms with Crippen LogP contribution in [0.3, 0.4) is 0 Å². The van der Waals surface area contributed by atoms with Crippen molar-refractivity contribution in [2.75, 3.05) is 5.32 Å². The Bertz CT molecular complexity index is 488. The van der Waals surface area contributed by atoms with E-state index >= 15 is 0 Å². The van der Waals surface area contributed by atoms with E-state index in [0.29, 0.717) is 0 Å². The van der Waals surface area contributed by atoms with Gasteiger partial charge in [0, 0.05) is 11.7 Å². The van der Waals surface area contributed by atoms with Crippen LogP contribution in [0, 0.1) is 0 Å². The standard InChI is InChI=1S/C16H25N3O2/c1-5-11(3)17-15(20)12(4)18-16(21)19-14-9-7-8-13(6-2)10-14/h7-12H,5-6H2,1-4H3,(H,17,20)(H2,18,19,21)/t11-,12-/m0/s1. The highest BCUT2D eigenvalue weighted by Crippen LogP contribution is 2.10. The Hall–Kier alpha value is -2.04. The molecule has 5 heteroatoms. The fourth-order valence-electron chi connectivity index (χ4n) is 1.77. The number of aryl methyl sites for hydroxylation is 1. The first-order chi connectivity index (χ1) is 9.96. The fraction of sp³-hybridized carbons (Fsp3) is 0.500. The lowest BCUT2D eigenvalue weighted by atomic mass is 10.1. The second-order valence-corrected chi connectivity index (χ2v) is 5.19. The normalized spacial score (nSPS) is 13.1. The molecule has 1 rings (SSSR count). The lowest BCUT2D eigenvalue weighted by Crippen LogP contribution is -2.48. The zero-order valence-corrected chi connectivity index (χ0v) is 13.2. The lowest BCUT2D eigenvalue weighted by Gasteiger charge is -2.17. The molecule has 1 aromatic carbocycles. The van der Waals surface area contributed by atoms with Gasteiger partial charge in [0.05, 0.1) is 0 Å². The Kier molecular flexibility index (Phi) is 6.72. The molecule has 0 unspecified atom stereocenters. The summed E-state index contributed by atoms with van der Waals surface area (Å²) in [6.07, 6.45) is 1.76. The number of carbonyl (C=O) groups is 2. The number of hydrogen-bond acceptors (Lipinski definition) is 2. The van der Waals surface area contributed by atoms with Gasteiger partial charge in [-0.05, 0) is 44.4 Å². The van der Waals surface area contributed by atoms with Crippen LogP contribution >= 0.6 is 0 Å². The summed E-state index contributed by atoms with van der Waals surface area (Å²) in [7, 11) is 0. The molecule has 0 heterocycles. The summed E-state index contributed by atoms with van der Waals surface area (Å²) in [6.45, 7) is 7.65. The minimum Gasteiger partial charge on any atom is -0.352 e. The molecular weight excluding hydrogens is 266 g/mol. The third-order valence-corrected chi connectivity index (χ3v) is 3.34. The summed E-state index contributed by atoms with van der Waals surface area (Å²) in [5.41, 5.74) is 1.87. The molecule has 2 atom stereocenters. The van der Waals surface area contributed by atoms with Crippen molar-refractivity contribution in [1.29, 1.82) is 0 Å². The Morgan fingerprint density at radius 3 is 2.48 bits per heavy atom. The quantitative estimate of drug-likeness (QED) is 0.754. The van der Waals surface area contributed by atoms with Gasteiger partial charge in [-0.15, -0.1) is 0 Å². The van der Waals surface area contributed by atoms with Gasteiger partial charge in [-0.2, -0.15) is 0 Å². The molecule has 0 saturated carbocycles. The van der Waals surface area contributed by atoms with Gasteiger partial charge in [-0.1, -0.05) is 26.0 Å². The van der Waals surface area contributed by atoms with Crippen LogP contribution in [0.2, 0.25) is 0 Å². The number of amides is 3. The Balaban J connectivity index is 2.50. The summed E-state index contributed by atoms with van der Waals surface area (Å²) in [5, 5.41) is 8.21. The molecular formula is C16H25N3O2. The summed E-state index contributed by atoms with van der Waals surface area (Å²) < 4.78 is 0. The predicted molar refractivity (Wildman–Crippen MR) is 85.3 cm³/mol. The molecule has 21 heavy (non-hydrogen) atoms. The maximum Gasteiger partial charge on any atom is 0.319 e. The largest absolute Gasteiger partial charge is 0.352 e. The molecule has 1 aromatic rings. The van der Waals surface area contributed by atoms with E-state index in [9.17, 15) is 9.59 Å². The van der Waals surface area contributed by atoms with E-state index in [2.05, 4.69) is 22.9 Å².